The summed E-state index contributed by atoms with van der Waals surface area (Å²) in [6.07, 6.45) is 2.22. The molecule has 5 heteroatoms. The van der Waals surface area contributed by atoms with Crippen LogP contribution in [0, 0.1) is 5.92 Å². The third-order valence-corrected chi connectivity index (χ3v) is 5.65. The number of rotatable bonds is 1. The smallest absolute Gasteiger partial charge is 0.235 e. The predicted molar refractivity (Wildman–Crippen MR) is 73.5 cm³/mol. The molecule has 2 heterocycles. The van der Waals surface area contributed by atoms with Crippen molar-refractivity contribution in [1.82, 2.24) is 0 Å². The van der Waals surface area contributed by atoms with Crippen molar-refractivity contribution in [3.8, 4) is 0 Å². The number of hydrogen-bond acceptors (Lipinski definition) is 3. The Bertz CT molecular complexity index is 568. The molecule has 18 heavy (non-hydrogen) atoms. The van der Waals surface area contributed by atoms with Gasteiger partial charge < -0.3 is 5.32 Å². The van der Waals surface area contributed by atoms with Gasteiger partial charge in [-0.3, -0.25) is 4.31 Å². The van der Waals surface area contributed by atoms with Crippen LogP contribution in [-0.2, 0) is 16.4 Å². The van der Waals surface area contributed by atoms with E-state index >= 15 is 0 Å². The number of benzene rings is 1. The van der Waals surface area contributed by atoms with E-state index in [1.165, 1.54) is 5.56 Å². The monoisotopic (exact) mass is 266 g/mol. The number of hydrogen-bond donors (Lipinski definition) is 1. The van der Waals surface area contributed by atoms with Crippen molar-refractivity contribution in [2.45, 2.75) is 19.8 Å². The summed E-state index contributed by atoms with van der Waals surface area (Å²) >= 11 is 0. The van der Waals surface area contributed by atoms with Crippen LogP contribution in [0.15, 0.2) is 18.2 Å². The van der Waals surface area contributed by atoms with Gasteiger partial charge in [-0.2, -0.15) is 0 Å². The molecule has 1 N–H and O–H groups in total. The molecule has 98 valence electrons. The van der Waals surface area contributed by atoms with Crippen molar-refractivity contribution in [3.63, 3.8) is 0 Å². The van der Waals surface area contributed by atoms with Gasteiger partial charge in [0.1, 0.15) is 0 Å². The fourth-order valence-electron chi connectivity index (χ4n) is 2.77. The highest BCUT2D eigenvalue weighted by Gasteiger charge is 2.33. The van der Waals surface area contributed by atoms with Gasteiger partial charge in [0.25, 0.3) is 0 Å². The molecule has 0 aliphatic carbocycles. The zero-order valence-electron chi connectivity index (χ0n) is 10.5. The van der Waals surface area contributed by atoms with Gasteiger partial charge in [0, 0.05) is 18.8 Å². The largest absolute Gasteiger partial charge is 0.385 e. The summed E-state index contributed by atoms with van der Waals surface area (Å²) in [5.41, 5.74) is 3.18. The van der Waals surface area contributed by atoms with E-state index in [1.807, 2.05) is 19.1 Å². The van der Waals surface area contributed by atoms with Crippen molar-refractivity contribution in [2.75, 3.05) is 28.5 Å². The van der Waals surface area contributed by atoms with Gasteiger partial charge >= 0.3 is 0 Å². The quantitative estimate of drug-likeness (QED) is 0.843. The Morgan fingerprint density at radius 1 is 1.39 bits per heavy atom. The molecule has 1 aromatic carbocycles. The summed E-state index contributed by atoms with van der Waals surface area (Å²) in [5.74, 6) is 0.469. The molecule has 3 rings (SSSR count). The van der Waals surface area contributed by atoms with E-state index < -0.39 is 10.0 Å². The number of aryl methyl sites for hydroxylation is 1. The minimum atomic E-state index is -3.11. The topological polar surface area (TPSA) is 49.4 Å². The molecule has 1 atom stereocenters. The highest BCUT2D eigenvalue weighted by Crippen LogP contribution is 2.32. The molecule has 2 aliphatic heterocycles. The highest BCUT2D eigenvalue weighted by atomic mass is 32.2. The summed E-state index contributed by atoms with van der Waals surface area (Å²) in [6, 6.07) is 5.96. The van der Waals surface area contributed by atoms with Gasteiger partial charge in [-0.25, -0.2) is 8.42 Å². The lowest BCUT2D eigenvalue weighted by Gasteiger charge is -2.22. The van der Waals surface area contributed by atoms with E-state index in [4.69, 9.17) is 0 Å². The summed E-state index contributed by atoms with van der Waals surface area (Å²) in [5, 5.41) is 3.34. The number of sulfonamides is 1. The first kappa shape index (κ1) is 11.8. The molecule has 0 amide bonds. The van der Waals surface area contributed by atoms with Crippen LogP contribution < -0.4 is 9.62 Å². The molecule has 0 spiro atoms. The van der Waals surface area contributed by atoms with E-state index in [0.29, 0.717) is 6.54 Å². The first-order valence-electron chi connectivity index (χ1n) is 6.43. The standard InChI is InChI=1S/C13H18N2O2S/c1-10-8-15(18(16,17)9-10)12-5-4-11-3-2-6-14-13(11)7-12/h4-5,7,10,14H,2-3,6,8-9H2,1H3. The number of anilines is 2. The Hall–Kier alpha value is -1.23. The highest BCUT2D eigenvalue weighted by molar-refractivity contribution is 7.93. The lowest BCUT2D eigenvalue weighted by Crippen LogP contribution is -2.25. The number of fused-ring (bicyclic) bond motifs is 1. The molecule has 0 saturated carbocycles. The molecule has 0 radical (unpaired) electrons. The predicted octanol–water partition coefficient (Wildman–Crippen LogP) is 1.83. The molecular formula is C13H18N2O2S. The van der Waals surface area contributed by atoms with E-state index in [1.54, 1.807) is 4.31 Å². The summed E-state index contributed by atoms with van der Waals surface area (Å²) in [6.45, 7) is 3.55. The Labute approximate surface area is 108 Å². The summed E-state index contributed by atoms with van der Waals surface area (Å²) in [7, 11) is -3.11. The van der Waals surface area contributed by atoms with Gasteiger partial charge in [0.05, 0.1) is 11.4 Å². The number of nitrogens with one attached hydrogen (secondary N) is 1. The average Bonchev–Trinajstić information content (AvgIpc) is 2.62. The molecule has 0 bridgehead atoms. The Balaban J connectivity index is 1.98. The van der Waals surface area contributed by atoms with Gasteiger partial charge in [-0.1, -0.05) is 13.0 Å². The molecule has 1 saturated heterocycles. The van der Waals surface area contributed by atoms with Crippen molar-refractivity contribution in [3.05, 3.63) is 23.8 Å². The minimum absolute atomic E-state index is 0.207. The van der Waals surface area contributed by atoms with Crippen LogP contribution >= 0.6 is 0 Å². The second kappa shape index (κ2) is 4.16. The van der Waals surface area contributed by atoms with Gasteiger partial charge in [-0.05, 0) is 36.5 Å². The number of nitrogens with zero attached hydrogens (tertiary/aromatic N) is 1. The maximum atomic E-state index is 12.0. The second-order valence-electron chi connectivity index (χ2n) is 5.29. The van der Waals surface area contributed by atoms with E-state index in [-0.39, 0.29) is 11.7 Å². The van der Waals surface area contributed by atoms with Crippen LogP contribution in [0.25, 0.3) is 0 Å². The molecule has 0 aromatic heterocycles. The molecule has 2 aliphatic rings. The second-order valence-corrected chi connectivity index (χ2v) is 7.22. The van der Waals surface area contributed by atoms with Gasteiger partial charge in [0.2, 0.25) is 10.0 Å². The Morgan fingerprint density at radius 2 is 2.22 bits per heavy atom. The third-order valence-electron chi connectivity index (χ3n) is 3.63. The molecular weight excluding hydrogens is 248 g/mol. The molecule has 1 aromatic rings. The summed E-state index contributed by atoms with van der Waals surface area (Å²) in [4.78, 5) is 0. The van der Waals surface area contributed by atoms with Crippen molar-refractivity contribution < 1.29 is 8.42 Å². The van der Waals surface area contributed by atoms with E-state index in [9.17, 15) is 8.42 Å². The van der Waals surface area contributed by atoms with Gasteiger partial charge in [-0.15, -0.1) is 0 Å². The Kier molecular flexibility index (Phi) is 2.73. The Morgan fingerprint density at radius 3 is 2.94 bits per heavy atom. The van der Waals surface area contributed by atoms with Crippen LogP contribution in [0.2, 0.25) is 0 Å². The minimum Gasteiger partial charge on any atom is -0.385 e. The third kappa shape index (κ3) is 1.96. The van der Waals surface area contributed by atoms with E-state index in [0.717, 1.165) is 30.8 Å². The first-order valence-corrected chi connectivity index (χ1v) is 8.04. The normalized spacial score (nSPS) is 25.6. The van der Waals surface area contributed by atoms with Crippen LogP contribution in [-0.4, -0.2) is 27.3 Å². The average molecular weight is 266 g/mol. The summed E-state index contributed by atoms with van der Waals surface area (Å²) < 4.78 is 25.6. The van der Waals surface area contributed by atoms with Crippen molar-refractivity contribution in [2.24, 2.45) is 5.92 Å². The molecule has 1 unspecified atom stereocenters. The molecule has 4 nitrogen and oxygen atoms in total. The van der Waals surface area contributed by atoms with Crippen LogP contribution in [0.3, 0.4) is 0 Å². The van der Waals surface area contributed by atoms with Gasteiger partial charge in [0.15, 0.2) is 0 Å². The fraction of sp³-hybridized carbons (Fsp3) is 0.538. The van der Waals surface area contributed by atoms with Crippen LogP contribution in [0.5, 0.6) is 0 Å². The van der Waals surface area contributed by atoms with Crippen molar-refractivity contribution >= 4 is 21.4 Å². The maximum absolute atomic E-state index is 12.0. The van der Waals surface area contributed by atoms with Crippen LogP contribution in [0.4, 0.5) is 11.4 Å². The fourth-order valence-corrected chi connectivity index (χ4v) is 4.69. The van der Waals surface area contributed by atoms with Crippen molar-refractivity contribution in [1.29, 1.82) is 0 Å². The SMILES string of the molecule is CC1CN(c2ccc3c(c2)NCCC3)S(=O)(=O)C1. The zero-order valence-corrected chi connectivity index (χ0v) is 11.3. The molecule has 1 fully saturated rings. The lowest BCUT2D eigenvalue weighted by atomic mass is 10.0. The zero-order chi connectivity index (χ0) is 12.8. The first-order chi connectivity index (χ1) is 8.56. The van der Waals surface area contributed by atoms with Crippen LogP contribution in [0.1, 0.15) is 18.9 Å². The maximum Gasteiger partial charge on any atom is 0.235 e. The van der Waals surface area contributed by atoms with E-state index in [2.05, 4.69) is 11.4 Å². The lowest BCUT2D eigenvalue weighted by molar-refractivity contribution is 0.598.